The minimum atomic E-state index is -0.567. The molecule has 1 unspecified atom stereocenters. The third-order valence-electron chi connectivity index (χ3n) is 1.97. The highest BCUT2D eigenvalue weighted by Crippen LogP contribution is 2.11. The van der Waals surface area contributed by atoms with E-state index in [9.17, 15) is 4.79 Å². The number of esters is 1. The summed E-state index contributed by atoms with van der Waals surface area (Å²) in [4.78, 5) is 11.7. The number of carbonyl (C=O) groups excluding carboxylic acids is 1. The molecule has 0 aromatic heterocycles. The van der Waals surface area contributed by atoms with Crippen LogP contribution in [0.5, 0.6) is 5.75 Å². The first-order chi connectivity index (χ1) is 7.77. The maximum absolute atomic E-state index is 11.7. The Morgan fingerprint density at radius 1 is 1.44 bits per heavy atom. The van der Waals surface area contributed by atoms with E-state index in [-0.39, 0.29) is 5.97 Å². The van der Waals surface area contributed by atoms with E-state index in [1.165, 1.54) is 0 Å². The average Bonchev–Trinajstić information content (AvgIpc) is 2.30. The summed E-state index contributed by atoms with van der Waals surface area (Å²) < 4.78 is 10.4. The number of ether oxygens (including phenoxy) is 2. The molecule has 0 spiro atoms. The van der Waals surface area contributed by atoms with Gasteiger partial charge >= 0.3 is 5.97 Å². The number of hydrogen-bond donors (Lipinski definition) is 0. The lowest BCUT2D eigenvalue weighted by atomic mass is 10.2. The lowest BCUT2D eigenvalue weighted by molar-refractivity contribution is -0.146. The molecule has 1 aromatic carbocycles. The fourth-order valence-corrected chi connectivity index (χ4v) is 1.26. The second-order valence-corrected chi connectivity index (χ2v) is 3.20. The second-order valence-electron chi connectivity index (χ2n) is 3.20. The van der Waals surface area contributed by atoms with E-state index in [1.54, 1.807) is 18.2 Å². The highest BCUT2D eigenvalue weighted by Gasteiger charge is 2.19. The Bertz CT molecular complexity index is 332. The van der Waals surface area contributed by atoms with Crippen molar-refractivity contribution in [2.24, 2.45) is 0 Å². The predicted octanol–water partition coefficient (Wildman–Crippen LogP) is 2.57. The molecule has 0 amide bonds. The Labute approximate surface area is 95.7 Å². The van der Waals surface area contributed by atoms with Crippen LogP contribution in [0.15, 0.2) is 43.0 Å². The van der Waals surface area contributed by atoms with E-state index < -0.39 is 6.10 Å². The van der Waals surface area contributed by atoms with Crippen molar-refractivity contribution in [1.29, 1.82) is 0 Å². The van der Waals surface area contributed by atoms with Crippen LogP contribution in [0.2, 0.25) is 0 Å². The van der Waals surface area contributed by atoms with E-state index >= 15 is 0 Å². The van der Waals surface area contributed by atoms with E-state index in [0.717, 1.165) is 0 Å². The van der Waals surface area contributed by atoms with Gasteiger partial charge in [0.05, 0.1) is 0 Å². The van der Waals surface area contributed by atoms with Crippen LogP contribution in [0.4, 0.5) is 0 Å². The molecule has 0 fully saturated rings. The first kappa shape index (κ1) is 12.5. The molecule has 0 heterocycles. The molecule has 86 valence electrons. The molecule has 0 aliphatic carbocycles. The first-order valence-electron chi connectivity index (χ1n) is 5.27. The quantitative estimate of drug-likeness (QED) is 0.420. The van der Waals surface area contributed by atoms with Gasteiger partial charge < -0.3 is 9.47 Å². The Hall–Kier alpha value is -1.61. The van der Waals surface area contributed by atoms with Crippen LogP contribution in [0.25, 0.3) is 0 Å². The lowest BCUT2D eigenvalue weighted by Crippen LogP contribution is -2.28. The van der Waals surface area contributed by atoms with Crippen LogP contribution in [0, 0.1) is 0 Å². The van der Waals surface area contributed by atoms with Crippen molar-refractivity contribution >= 4 is 5.97 Å². The molecule has 3 nitrogen and oxygen atoms in total. The number of carbonyl (C=O) groups is 1. The molecule has 0 aliphatic heterocycles. The smallest absolute Gasteiger partial charge is 0.340 e. The van der Waals surface area contributed by atoms with Crippen LogP contribution in [0.1, 0.15) is 13.3 Å². The van der Waals surface area contributed by atoms with Crippen molar-refractivity contribution in [3.05, 3.63) is 43.0 Å². The molecule has 1 rings (SSSR count). The Balaban J connectivity index is 2.58. The molecule has 0 N–H and O–H groups in total. The summed E-state index contributed by atoms with van der Waals surface area (Å²) in [6.07, 6.45) is 1.54. The predicted molar refractivity (Wildman–Crippen MR) is 62.3 cm³/mol. The fraction of sp³-hybridized carbons (Fsp3) is 0.308. The number of rotatable bonds is 6. The third kappa shape index (κ3) is 3.87. The van der Waals surface area contributed by atoms with Gasteiger partial charge in [0.25, 0.3) is 0 Å². The normalized spacial score (nSPS) is 11.8. The van der Waals surface area contributed by atoms with Crippen molar-refractivity contribution in [2.45, 2.75) is 19.4 Å². The Morgan fingerprint density at radius 3 is 2.69 bits per heavy atom. The minimum absolute atomic E-state index is 0.382. The Kier molecular flexibility index (Phi) is 5.29. The minimum Gasteiger partial charge on any atom is -0.425 e. The van der Waals surface area contributed by atoms with Crippen LogP contribution in [-0.4, -0.2) is 18.7 Å². The van der Waals surface area contributed by atoms with Crippen LogP contribution >= 0.6 is 0 Å². The second kappa shape index (κ2) is 6.80. The highest BCUT2D eigenvalue weighted by molar-refractivity contribution is 5.77. The van der Waals surface area contributed by atoms with Gasteiger partial charge in [-0.3, -0.25) is 0 Å². The summed E-state index contributed by atoms with van der Waals surface area (Å²) in [5.74, 6) is 0.147. The monoisotopic (exact) mass is 220 g/mol. The van der Waals surface area contributed by atoms with E-state index in [2.05, 4.69) is 6.58 Å². The van der Waals surface area contributed by atoms with Gasteiger partial charge in [0.1, 0.15) is 5.75 Å². The maximum atomic E-state index is 11.7. The first-order valence-corrected chi connectivity index (χ1v) is 5.27. The van der Waals surface area contributed by atoms with Crippen molar-refractivity contribution in [1.82, 2.24) is 0 Å². The fourth-order valence-electron chi connectivity index (χ4n) is 1.26. The largest absolute Gasteiger partial charge is 0.425 e. The van der Waals surface area contributed by atoms with Crippen molar-refractivity contribution in [3.8, 4) is 5.75 Å². The zero-order valence-electron chi connectivity index (χ0n) is 9.39. The van der Waals surface area contributed by atoms with Gasteiger partial charge in [-0.1, -0.05) is 24.3 Å². The van der Waals surface area contributed by atoms with E-state index in [0.29, 0.717) is 18.8 Å². The van der Waals surface area contributed by atoms with Crippen molar-refractivity contribution in [3.63, 3.8) is 0 Å². The summed E-state index contributed by atoms with van der Waals surface area (Å²) in [5, 5.41) is 0. The SMILES string of the molecule is C=CCC(OCC)C(=O)Oc1ccccc1. The summed E-state index contributed by atoms with van der Waals surface area (Å²) >= 11 is 0. The number of benzene rings is 1. The van der Waals surface area contributed by atoms with Crippen LogP contribution < -0.4 is 4.74 Å². The van der Waals surface area contributed by atoms with Gasteiger partial charge in [0, 0.05) is 13.0 Å². The van der Waals surface area contributed by atoms with E-state index in [4.69, 9.17) is 9.47 Å². The molecular formula is C13H16O3. The number of hydrogen-bond acceptors (Lipinski definition) is 3. The Morgan fingerprint density at radius 2 is 2.12 bits per heavy atom. The number of para-hydroxylation sites is 1. The molecule has 0 saturated heterocycles. The van der Waals surface area contributed by atoms with Gasteiger partial charge in [0.15, 0.2) is 6.10 Å². The average molecular weight is 220 g/mol. The molecule has 0 bridgehead atoms. The van der Waals surface area contributed by atoms with E-state index in [1.807, 2.05) is 25.1 Å². The summed E-state index contributed by atoms with van der Waals surface area (Å²) in [6.45, 7) is 5.90. The molecule has 0 saturated carbocycles. The topological polar surface area (TPSA) is 35.5 Å². The van der Waals surface area contributed by atoms with Crippen LogP contribution in [-0.2, 0) is 9.53 Å². The summed E-state index contributed by atoms with van der Waals surface area (Å²) in [5.41, 5.74) is 0. The molecular weight excluding hydrogens is 204 g/mol. The van der Waals surface area contributed by atoms with Gasteiger partial charge in [-0.15, -0.1) is 6.58 Å². The third-order valence-corrected chi connectivity index (χ3v) is 1.97. The molecule has 3 heteroatoms. The standard InChI is InChI=1S/C13H16O3/c1-3-8-12(15-4-2)13(14)16-11-9-6-5-7-10-11/h3,5-7,9-10,12H,1,4,8H2,2H3. The van der Waals surface area contributed by atoms with Crippen LogP contribution in [0.3, 0.4) is 0 Å². The van der Waals surface area contributed by atoms with Crippen molar-refractivity contribution in [2.75, 3.05) is 6.61 Å². The van der Waals surface area contributed by atoms with Gasteiger partial charge in [-0.25, -0.2) is 4.79 Å². The molecule has 0 aliphatic rings. The van der Waals surface area contributed by atoms with Crippen molar-refractivity contribution < 1.29 is 14.3 Å². The maximum Gasteiger partial charge on any atom is 0.340 e. The van der Waals surface area contributed by atoms with Gasteiger partial charge in [-0.2, -0.15) is 0 Å². The zero-order valence-corrected chi connectivity index (χ0v) is 9.39. The highest BCUT2D eigenvalue weighted by atomic mass is 16.6. The lowest BCUT2D eigenvalue weighted by Gasteiger charge is -2.13. The summed E-state index contributed by atoms with van der Waals surface area (Å²) in [7, 11) is 0. The molecule has 1 atom stereocenters. The van der Waals surface area contributed by atoms with Gasteiger partial charge in [0.2, 0.25) is 0 Å². The zero-order chi connectivity index (χ0) is 11.8. The molecule has 0 radical (unpaired) electrons. The molecule has 1 aromatic rings. The summed E-state index contributed by atoms with van der Waals surface area (Å²) in [6, 6.07) is 8.95. The van der Waals surface area contributed by atoms with Gasteiger partial charge in [-0.05, 0) is 19.1 Å². The molecule has 16 heavy (non-hydrogen) atoms.